The predicted molar refractivity (Wildman–Crippen MR) is 78.5 cm³/mol. The van der Waals surface area contributed by atoms with Gasteiger partial charge in [0.15, 0.2) is 0 Å². The number of aromatic nitrogens is 3. The first-order valence-corrected chi connectivity index (χ1v) is 6.78. The maximum absolute atomic E-state index is 12.2. The van der Waals surface area contributed by atoms with Crippen LogP contribution >= 0.6 is 0 Å². The van der Waals surface area contributed by atoms with E-state index in [2.05, 4.69) is 20.5 Å². The summed E-state index contributed by atoms with van der Waals surface area (Å²) in [5, 5.41) is 8.82. The Hall–Kier alpha value is -2.90. The Morgan fingerprint density at radius 2 is 2.36 bits per heavy atom. The molecule has 0 saturated carbocycles. The number of benzene rings is 1. The number of hydrogen-bond donors (Lipinski definition) is 2. The Balaban J connectivity index is 1.71. The van der Waals surface area contributed by atoms with Crippen LogP contribution in [0.3, 0.4) is 0 Å². The van der Waals surface area contributed by atoms with E-state index in [0.717, 1.165) is 5.69 Å². The zero-order valence-electron chi connectivity index (χ0n) is 11.9. The number of carbonyl (C=O) groups excluding carboxylic acids is 2. The van der Waals surface area contributed by atoms with Gasteiger partial charge in [-0.3, -0.25) is 14.9 Å². The standard InChI is InChI=1S/C14H15N5O3/c1-22-11-4-2-3-10(6-11)19-7-9(5-12(19)20)13(21)17-14-15-8-16-18-14/h2-4,6,8-9H,5,7H2,1H3,(H2,15,16,17,18,21)/t9-/m1/s1. The highest BCUT2D eigenvalue weighted by atomic mass is 16.5. The zero-order valence-corrected chi connectivity index (χ0v) is 11.9. The third-order valence-electron chi connectivity index (χ3n) is 3.52. The number of methoxy groups -OCH3 is 1. The lowest BCUT2D eigenvalue weighted by Crippen LogP contribution is -2.28. The summed E-state index contributed by atoms with van der Waals surface area (Å²) < 4.78 is 5.16. The summed E-state index contributed by atoms with van der Waals surface area (Å²) in [6.07, 6.45) is 1.47. The van der Waals surface area contributed by atoms with Crippen molar-refractivity contribution in [1.82, 2.24) is 15.2 Å². The Bertz CT molecular complexity index is 686. The van der Waals surface area contributed by atoms with Crippen molar-refractivity contribution in [2.24, 2.45) is 5.92 Å². The van der Waals surface area contributed by atoms with Crippen LogP contribution in [0, 0.1) is 5.92 Å². The van der Waals surface area contributed by atoms with Crippen molar-refractivity contribution in [1.29, 1.82) is 0 Å². The van der Waals surface area contributed by atoms with Crippen LogP contribution in [-0.2, 0) is 9.59 Å². The van der Waals surface area contributed by atoms with Gasteiger partial charge in [0.25, 0.3) is 0 Å². The molecule has 1 saturated heterocycles. The van der Waals surface area contributed by atoms with Crippen LogP contribution in [0.2, 0.25) is 0 Å². The SMILES string of the molecule is COc1cccc(N2C[C@H](C(=O)Nc3ncn[nH]3)CC2=O)c1. The van der Waals surface area contributed by atoms with Gasteiger partial charge in [-0.1, -0.05) is 6.07 Å². The Morgan fingerprint density at radius 1 is 1.50 bits per heavy atom. The van der Waals surface area contributed by atoms with E-state index < -0.39 is 5.92 Å². The van der Waals surface area contributed by atoms with Crippen molar-refractivity contribution in [3.05, 3.63) is 30.6 Å². The zero-order chi connectivity index (χ0) is 15.5. The van der Waals surface area contributed by atoms with Crippen LogP contribution in [0.25, 0.3) is 0 Å². The van der Waals surface area contributed by atoms with Gasteiger partial charge in [-0.15, -0.1) is 0 Å². The summed E-state index contributed by atoms with van der Waals surface area (Å²) in [5.74, 6) is 0.169. The largest absolute Gasteiger partial charge is 0.497 e. The molecule has 114 valence electrons. The van der Waals surface area contributed by atoms with E-state index in [1.54, 1.807) is 24.1 Å². The number of aromatic amines is 1. The molecule has 3 rings (SSSR count). The Kier molecular flexibility index (Phi) is 3.73. The van der Waals surface area contributed by atoms with Crippen molar-refractivity contribution >= 4 is 23.5 Å². The molecule has 1 atom stereocenters. The molecule has 2 aromatic rings. The predicted octanol–water partition coefficient (Wildman–Crippen LogP) is 0.805. The second-order valence-corrected chi connectivity index (χ2v) is 4.93. The topological polar surface area (TPSA) is 100 Å². The van der Waals surface area contributed by atoms with E-state index in [4.69, 9.17) is 4.74 Å². The van der Waals surface area contributed by atoms with E-state index >= 15 is 0 Å². The molecule has 1 aliphatic rings. The molecular weight excluding hydrogens is 286 g/mol. The van der Waals surface area contributed by atoms with Gasteiger partial charge in [0.1, 0.15) is 12.1 Å². The van der Waals surface area contributed by atoms with Gasteiger partial charge in [-0.2, -0.15) is 10.1 Å². The normalized spacial score (nSPS) is 17.6. The maximum Gasteiger partial charge on any atom is 0.232 e. The molecule has 0 radical (unpaired) electrons. The second-order valence-electron chi connectivity index (χ2n) is 4.93. The number of anilines is 2. The van der Waals surface area contributed by atoms with E-state index in [-0.39, 0.29) is 24.2 Å². The van der Waals surface area contributed by atoms with Crippen LogP contribution in [0.1, 0.15) is 6.42 Å². The highest BCUT2D eigenvalue weighted by molar-refractivity contribution is 6.03. The van der Waals surface area contributed by atoms with Crippen LogP contribution in [0.15, 0.2) is 30.6 Å². The van der Waals surface area contributed by atoms with E-state index in [1.165, 1.54) is 6.33 Å². The first-order chi connectivity index (χ1) is 10.7. The van der Waals surface area contributed by atoms with Crippen molar-refractivity contribution in [3.63, 3.8) is 0 Å². The molecule has 2 N–H and O–H groups in total. The fourth-order valence-corrected chi connectivity index (χ4v) is 2.40. The lowest BCUT2D eigenvalue weighted by atomic mass is 10.1. The van der Waals surface area contributed by atoms with Crippen LogP contribution in [0.5, 0.6) is 5.75 Å². The summed E-state index contributed by atoms with van der Waals surface area (Å²) in [6.45, 7) is 0.325. The molecule has 1 aromatic heterocycles. The van der Waals surface area contributed by atoms with E-state index in [0.29, 0.717) is 12.3 Å². The molecule has 8 nitrogen and oxygen atoms in total. The minimum atomic E-state index is -0.427. The van der Waals surface area contributed by atoms with Gasteiger partial charge in [0.05, 0.1) is 13.0 Å². The molecular formula is C14H15N5O3. The Labute approximate surface area is 126 Å². The fraction of sp³-hybridized carbons (Fsp3) is 0.286. The average Bonchev–Trinajstić information content (AvgIpc) is 3.17. The molecule has 0 aliphatic carbocycles. The lowest BCUT2D eigenvalue weighted by Gasteiger charge is -2.17. The number of rotatable bonds is 4. The van der Waals surface area contributed by atoms with Crippen molar-refractivity contribution in [2.45, 2.75) is 6.42 Å². The third kappa shape index (κ3) is 2.76. The van der Waals surface area contributed by atoms with Crippen molar-refractivity contribution < 1.29 is 14.3 Å². The van der Waals surface area contributed by atoms with Crippen LogP contribution in [0.4, 0.5) is 11.6 Å². The molecule has 0 spiro atoms. The summed E-state index contributed by atoms with van der Waals surface area (Å²) in [4.78, 5) is 29.7. The highest BCUT2D eigenvalue weighted by Gasteiger charge is 2.35. The van der Waals surface area contributed by atoms with Crippen molar-refractivity contribution in [3.8, 4) is 5.75 Å². The molecule has 1 aliphatic heterocycles. The maximum atomic E-state index is 12.2. The lowest BCUT2D eigenvalue weighted by molar-refractivity contribution is -0.122. The molecule has 8 heteroatoms. The van der Waals surface area contributed by atoms with Crippen LogP contribution < -0.4 is 15.0 Å². The van der Waals surface area contributed by atoms with Gasteiger partial charge in [-0.05, 0) is 12.1 Å². The first kappa shape index (κ1) is 14.1. The molecule has 1 aromatic carbocycles. The summed E-state index contributed by atoms with van der Waals surface area (Å²) in [5.41, 5.74) is 0.722. The molecule has 2 heterocycles. The third-order valence-corrected chi connectivity index (χ3v) is 3.52. The molecule has 0 bridgehead atoms. The molecule has 0 unspecified atom stereocenters. The number of amides is 2. The average molecular weight is 301 g/mol. The molecule has 2 amide bonds. The molecule has 22 heavy (non-hydrogen) atoms. The minimum absolute atomic E-state index is 0.0917. The van der Waals surface area contributed by atoms with E-state index in [1.807, 2.05) is 12.1 Å². The van der Waals surface area contributed by atoms with Gasteiger partial charge in [-0.25, -0.2) is 5.10 Å². The number of H-pyrrole nitrogens is 1. The van der Waals surface area contributed by atoms with Gasteiger partial charge in [0.2, 0.25) is 17.8 Å². The van der Waals surface area contributed by atoms with Gasteiger partial charge in [0, 0.05) is 24.7 Å². The van der Waals surface area contributed by atoms with Crippen LogP contribution in [-0.4, -0.2) is 40.7 Å². The summed E-state index contributed by atoms with van der Waals surface area (Å²) >= 11 is 0. The second kappa shape index (κ2) is 5.84. The van der Waals surface area contributed by atoms with Gasteiger partial charge < -0.3 is 9.64 Å². The number of hydrogen-bond acceptors (Lipinski definition) is 5. The smallest absolute Gasteiger partial charge is 0.232 e. The summed E-state index contributed by atoms with van der Waals surface area (Å²) in [6, 6.07) is 7.20. The minimum Gasteiger partial charge on any atom is -0.497 e. The quantitative estimate of drug-likeness (QED) is 0.870. The fourth-order valence-electron chi connectivity index (χ4n) is 2.40. The highest BCUT2D eigenvalue weighted by Crippen LogP contribution is 2.28. The first-order valence-electron chi connectivity index (χ1n) is 6.78. The van der Waals surface area contributed by atoms with E-state index in [9.17, 15) is 9.59 Å². The molecule has 1 fully saturated rings. The van der Waals surface area contributed by atoms with Gasteiger partial charge >= 0.3 is 0 Å². The monoisotopic (exact) mass is 301 g/mol. The number of carbonyl (C=O) groups is 2. The Morgan fingerprint density at radius 3 is 3.09 bits per heavy atom. The number of ether oxygens (including phenoxy) is 1. The number of nitrogens with one attached hydrogen (secondary N) is 2. The summed E-state index contributed by atoms with van der Waals surface area (Å²) in [7, 11) is 1.57. The van der Waals surface area contributed by atoms with Crippen molar-refractivity contribution in [2.75, 3.05) is 23.9 Å². The number of nitrogens with zero attached hydrogens (tertiary/aromatic N) is 3.